The first kappa shape index (κ1) is 13.5. The lowest BCUT2D eigenvalue weighted by Gasteiger charge is -2.24. The van der Waals surface area contributed by atoms with Crippen LogP contribution in [0.15, 0.2) is 46.5 Å². The Balaban J connectivity index is 1.83. The number of aliphatic imine (C=N–C) groups is 2. The minimum Gasteiger partial charge on any atom is -0.304 e. The summed E-state index contributed by atoms with van der Waals surface area (Å²) in [5.41, 5.74) is 0.537. The van der Waals surface area contributed by atoms with Crippen LogP contribution in [0.3, 0.4) is 0 Å². The van der Waals surface area contributed by atoms with E-state index >= 15 is 0 Å². The average Bonchev–Trinajstić information content (AvgIpc) is 2.48. The van der Waals surface area contributed by atoms with Gasteiger partial charge >= 0.3 is 0 Å². The lowest BCUT2D eigenvalue weighted by Crippen LogP contribution is -2.43. The zero-order valence-electron chi connectivity index (χ0n) is 10.7. The SMILES string of the molecule is O=C1NC(=Nc2ccc([N+](=O)[O-])cc2)SC2=NC=CCC12. The van der Waals surface area contributed by atoms with Gasteiger partial charge in [-0.1, -0.05) is 6.08 Å². The molecule has 0 radical (unpaired) electrons. The monoisotopic (exact) mass is 302 g/mol. The predicted molar refractivity (Wildman–Crippen MR) is 80.6 cm³/mol. The molecule has 0 bridgehead atoms. The van der Waals surface area contributed by atoms with Gasteiger partial charge in [-0.3, -0.25) is 19.9 Å². The van der Waals surface area contributed by atoms with Crippen LogP contribution in [0.5, 0.6) is 0 Å². The van der Waals surface area contributed by atoms with Gasteiger partial charge in [-0.15, -0.1) is 0 Å². The Morgan fingerprint density at radius 3 is 2.86 bits per heavy atom. The fraction of sp³-hybridized carbons (Fsp3) is 0.154. The quantitative estimate of drug-likeness (QED) is 0.670. The van der Waals surface area contributed by atoms with Gasteiger partial charge in [0.1, 0.15) is 0 Å². The van der Waals surface area contributed by atoms with Crippen LogP contribution in [0.1, 0.15) is 6.42 Å². The van der Waals surface area contributed by atoms with E-state index in [2.05, 4.69) is 15.3 Å². The van der Waals surface area contributed by atoms with E-state index in [1.54, 1.807) is 6.20 Å². The Labute approximate surface area is 124 Å². The normalized spacial score (nSPS) is 22.5. The number of nitrogens with one attached hydrogen (secondary N) is 1. The smallest absolute Gasteiger partial charge is 0.269 e. The number of thioether (sulfide) groups is 1. The lowest BCUT2D eigenvalue weighted by molar-refractivity contribution is -0.384. The summed E-state index contributed by atoms with van der Waals surface area (Å²) < 4.78 is 0. The van der Waals surface area contributed by atoms with Crippen LogP contribution < -0.4 is 5.32 Å². The van der Waals surface area contributed by atoms with E-state index in [1.807, 2.05) is 6.08 Å². The number of fused-ring (bicyclic) bond motifs is 1. The van der Waals surface area contributed by atoms with Crippen LogP contribution in [-0.2, 0) is 4.79 Å². The summed E-state index contributed by atoms with van der Waals surface area (Å²) in [6, 6.07) is 5.82. The summed E-state index contributed by atoms with van der Waals surface area (Å²) in [4.78, 5) is 30.6. The summed E-state index contributed by atoms with van der Waals surface area (Å²) in [7, 11) is 0. The molecule has 1 amide bonds. The van der Waals surface area contributed by atoms with Crippen molar-refractivity contribution in [2.24, 2.45) is 15.9 Å². The molecule has 106 valence electrons. The number of benzene rings is 1. The summed E-state index contributed by atoms with van der Waals surface area (Å²) in [6.07, 6.45) is 4.18. The fourth-order valence-corrected chi connectivity index (χ4v) is 2.92. The Hall–Kier alpha value is -2.48. The minimum atomic E-state index is -0.470. The molecule has 1 aromatic rings. The topological polar surface area (TPSA) is 97.0 Å². The molecule has 0 aliphatic carbocycles. The average molecular weight is 302 g/mol. The van der Waals surface area contributed by atoms with Crippen LogP contribution in [0, 0.1) is 16.0 Å². The van der Waals surface area contributed by atoms with Crippen molar-refractivity contribution in [1.29, 1.82) is 0 Å². The molecule has 7 nitrogen and oxygen atoms in total. The number of allylic oxidation sites excluding steroid dienone is 1. The fourth-order valence-electron chi connectivity index (χ4n) is 1.96. The molecule has 3 rings (SSSR count). The molecule has 21 heavy (non-hydrogen) atoms. The zero-order valence-corrected chi connectivity index (χ0v) is 11.5. The van der Waals surface area contributed by atoms with Crippen molar-refractivity contribution in [3.05, 3.63) is 46.7 Å². The molecule has 1 N–H and O–H groups in total. The zero-order chi connectivity index (χ0) is 14.8. The third-order valence-electron chi connectivity index (χ3n) is 3.02. The molecule has 8 heteroatoms. The summed E-state index contributed by atoms with van der Waals surface area (Å²) in [6.45, 7) is 0. The maximum Gasteiger partial charge on any atom is 0.269 e. The van der Waals surface area contributed by atoms with E-state index in [0.717, 1.165) is 5.04 Å². The van der Waals surface area contributed by atoms with Crippen LogP contribution in [-0.4, -0.2) is 21.0 Å². The number of rotatable bonds is 2. The van der Waals surface area contributed by atoms with Gasteiger partial charge in [0.15, 0.2) is 5.17 Å². The molecule has 2 aliphatic rings. The van der Waals surface area contributed by atoms with Crippen LogP contribution in [0.2, 0.25) is 0 Å². The summed E-state index contributed by atoms with van der Waals surface area (Å²) in [5.74, 6) is -0.367. The number of hydrogen-bond donors (Lipinski definition) is 1. The molecule has 1 fully saturated rings. The summed E-state index contributed by atoms with van der Waals surface area (Å²) in [5, 5.41) is 14.5. The third-order valence-corrected chi connectivity index (χ3v) is 4.00. The van der Waals surface area contributed by atoms with Crippen molar-refractivity contribution in [1.82, 2.24) is 5.32 Å². The van der Waals surface area contributed by atoms with Gasteiger partial charge in [0.05, 0.1) is 21.6 Å². The van der Waals surface area contributed by atoms with Crippen molar-refractivity contribution in [3.8, 4) is 0 Å². The number of carbonyl (C=O) groups excluding carboxylic acids is 1. The van der Waals surface area contributed by atoms with Gasteiger partial charge in [-0.25, -0.2) is 4.99 Å². The molecule has 0 saturated carbocycles. The first-order chi connectivity index (χ1) is 10.1. The Morgan fingerprint density at radius 1 is 1.38 bits per heavy atom. The molecule has 2 heterocycles. The van der Waals surface area contributed by atoms with Gasteiger partial charge in [0.2, 0.25) is 5.91 Å². The van der Waals surface area contributed by atoms with Crippen molar-refractivity contribution in [3.63, 3.8) is 0 Å². The number of nitrogens with zero attached hydrogens (tertiary/aromatic N) is 3. The Morgan fingerprint density at radius 2 is 2.14 bits per heavy atom. The second-order valence-corrected chi connectivity index (χ2v) is 5.43. The Bertz CT molecular complexity index is 694. The maximum atomic E-state index is 12.0. The Kier molecular flexibility index (Phi) is 3.53. The molecule has 1 atom stereocenters. The largest absolute Gasteiger partial charge is 0.304 e. The highest BCUT2D eigenvalue weighted by Gasteiger charge is 2.32. The van der Waals surface area contributed by atoms with Crippen LogP contribution in [0.4, 0.5) is 11.4 Å². The second kappa shape index (κ2) is 5.49. The predicted octanol–water partition coefficient (Wildman–Crippen LogP) is 2.38. The molecule has 0 spiro atoms. The molecule has 0 aromatic heterocycles. The number of carbonyl (C=O) groups is 1. The van der Waals surface area contributed by atoms with Crippen molar-refractivity contribution in [2.45, 2.75) is 6.42 Å². The van der Waals surface area contributed by atoms with E-state index in [0.29, 0.717) is 17.3 Å². The van der Waals surface area contributed by atoms with Crippen molar-refractivity contribution < 1.29 is 9.72 Å². The highest BCUT2D eigenvalue weighted by molar-refractivity contribution is 8.26. The number of hydrogen-bond acceptors (Lipinski definition) is 6. The molecule has 2 aliphatic heterocycles. The molecular formula is C13H10N4O3S. The minimum absolute atomic E-state index is 0.00106. The highest BCUT2D eigenvalue weighted by atomic mass is 32.2. The van der Waals surface area contributed by atoms with E-state index in [4.69, 9.17) is 0 Å². The van der Waals surface area contributed by atoms with Gasteiger partial charge in [0, 0.05) is 18.3 Å². The lowest BCUT2D eigenvalue weighted by atomic mass is 10.0. The molecule has 1 aromatic carbocycles. The van der Waals surface area contributed by atoms with Crippen LogP contribution >= 0.6 is 11.8 Å². The first-order valence-electron chi connectivity index (χ1n) is 6.18. The third kappa shape index (κ3) is 2.84. The number of nitro groups is 1. The van der Waals surface area contributed by atoms with E-state index in [9.17, 15) is 14.9 Å². The van der Waals surface area contributed by atoms with Gasteiger partial charge in [-0.2, -0.15) is 0 Å². The highest BCUT2D eigenvalue weighted by Crippen LogP contribution is 2.28. The summed E-state index contributed by atoms with van der Waals surface area (Å²) >= 11 is 1.31. The van der Waals surface area contributed by atoms with Gasteiger partial charge in [-0.05, 0) is 30.3 Å². The number of nitro benzene ring substituents is 1. The first-order valence-corrected chi connectivity index (χ1v) is 7.00. The van der Waals surface area contributed by atoms with E-state index in [1.165, 1.54) is 36.0 Å². The standard InChI is InChI=1S/C13H10N4O3S/c18-11-10-2-1-7-14-12(10)21-13(16-11)15-8-3-5-9(6-4-8)17(19)20/h1,3-7,10H,2H2,(H,15,16,18). The van der Waals surface area contributed by atoms with Crippen molar-refractivity contribution in [2.75, 3.05) is 0 Å². The second-order valence-electron chi connectivity index (χ2n) is 4.42. The molecule has 1 unspecified atom stereocenters. The van der Waals surface area contributed by atoms with Gasteiger partial charge < -0.3 is 5.32 Å². The number of amides is 1. The molecule has 1 saturated heterocycles. The number of amidine groups is 1. The van der Waals surface area contributed by atoms with Gasteiger partial charge in [0.25, 0.3) is 5.69 Å². The van der Waals surface area contributed by atoms with Crippen molar-refractivity contribution >= 4 is 39.3 Å². The maximum absolute atomic E-state index is 12.0. The molecular weight excluding hydrogens is 292 g/mol. The van der Waals surface area contributed by atoms with E-state index < -0.39 is 4.92 Å². The number of non-ortho nitro benzene ring substituents is 1. The van der Waals surface area contributed by atoms with E-state index in [-0.39, 0.29) is 17.5 Å². The van der Waals surface area contributed by atoms with Crippen LogP contribution in [0.25, 0.3) is 0 Å².